The fourth-order valence-electron chi connectivity index (χ4n) is 3.73. The van der Waals surface area contributed by atoms with Gasteiger partial charge in [-0.3, -0.25) is 5.32 Å². The number of nitrogens with one attached hydrogen (secondary N) is 1. The molecule has 3 aromatic carbocycles. The largest absolute Gasteiger partial charge is 0.358 e. The fraction of sp³-hybridized carbons (Fsp3) is 0.0800. The van der Waals surface area contributed by atoms with Crippen LogP contribution in [0.15, 0.2) is 97.3 Å². The molecule has 146 valence electrons. The summed E-state index contributed by atoms with van der Waals surface area (Å²) >= 11 is 0. The minimum atomic E-state index is -0.227. The molecule has 0 aliphatic carbocycles. The number of para-hydroxylation sites is 2. The summed E-state index contributed by atoms with van der Waals surface area (Å²) in [5, 5.41) is 3.13. The van der Waals surface area contributed by atoms with E-state index >= 15 is 0 Å². The molecule has 5 heteroatoms. The molecule has 0 amide bonds. The summed E-state index contributed by atoms with van der Waals surface area (Å²) < 4.78 is 1.64. The molecule has 1 aromatic heterocycles. The Morgan fingerprint density at radius 2 is 1.40 bits per heavy atom. The van der Waals surface area contributed by atoms with Crippen molar-refractivity contribution < 1.29 is 9.36 Å². The van der Waals surface area contributed by atoms with Gasteiger partial charge in [0.05, 0.1) is 0 Å². The van der Waals surface area contributed by atoms with Crippen LogP contribution < -0.4 is 14.8 Å². The average molecular weight is 393 g/mol. The summed E-state index contributed by atoms with van der Waals surface area (Å²) in [5.41, 5.74) is 4.96. The summed E-state index contributed by atoms with van der Waals surface area (Å²) in [6.07, 6.45) is 3.51. The summed E-state index contributed by atoms with van der Waals surface area (Å²) in [5.74, 6) is 0.761. The maximum Gasteiger partial charge on any atom is 0.358 e. The van der Waals surface area contributed by atoms with E-state index in [0.29, 0.717) is 0 Å². The highest BCUT2D eigenvalue weighted by atomic mass is 16.2. The van der Waals surface area contributed by atoms with Gasteiger partial charge in [-0.05, 0) is 43.3 Å². The van der Waals surface area contributed by atoms with Gasteiger partial charge in [-0.25, -0.2) is 9.78 Å². The maximum atomic E-state index is 12.3. The summed E-state index contributed by atoms with van der Waals surface area (Å²) in [6.45, 7) is 1.85. The third-order valence-electron chi connectivity index (χ3n) is 5.26. The van der Waals surface area contributed by atoms with Gasteiger partial charge < -0.3 is 4.90 Å². The normalized spacial score (nSPS) is 14.8. The lowest BCUT2D eigenvalue weighted by Crippen LogP contribution is -2.42. The van der Waals surface area contributed by atoms with Crippen LogP contribution >= 0.6 is 0 Å². The van der Waals surface area contributed by atoms with Crippen LogP contribution in [0.4, 0.5) is 22.9 Å². The standard InChI is InChI=1S/C25H20N4O/c1-18-25(30)28-17-23(26-16-24(28)27-18)19-12-14-22(15-13-19)29(20-8-4-2-5-9-20)21-10-6-3-7-11-21/h2-18H,1H3/p+1. The predicted molar refractivity (Wildman–Crippen MR) is 118 cm³/mol. The Bertz CT molecular complexity index is 1150. The summed E-state index contributed by atoms with van der Waals surface area (Å²) in [4.78, 5) is 19.0. The molecule has 1 aliphatic rings. The van der Waals surface area contributed by atoms with E-state index in [1.807, 2.05) is 55.5 Å². The molecule has 1 aliphatic heterocycles. The van der Waals surface area contributed by atoms with Gasteiger partial charge in [0, 0.05) is 22.6 Å². The number of carbonyl (C=O) groups is 1. The Morgan fingerprint density at radius 1 is 0.833 bits per heavy atom. The van der Waals surface area contributed by atoms with Crippen LogP contribution in [-0.2, 0) is 0 Å². The Labute approximate surface area is 175 Å². The number of hydrogen-bond donors (Lipinski definition) is 1. The van der Waals surface area contributed by atoms with E-state index in [9.17, 15) is 4.79 Å². The van der Waals surface area contributed by atoms with Gasteiger partial charge in [-0.1, -0.05) is 48.5 Å². The van der Waals surface area contributed by atoms with Gasteiger partial charge in [0.2, 0.25) is 0 Å². The van der Waals surface area contributed by atoms with E-state index in [2.05, 4.69) is 51.6 Å². The highest BCUT2D eigenvalue weighted by Gasteiger charge is 2.35. The third-order valence-corrected chi connectivity index (χ3v) is 5.26. The lowest BCUT2D eigenvalue weighted by molar-refractivity contribution is -0.552. The van der Waals surface area contributed by atoms with Gasteiger partial charge in [0.1, 0.15) is 18.1 Å². The van der Waals surface area contributed by atoms with E-state index in [1.165, 1.54) is 0 Å². The molecule has 0 radical (unpaired) electrons. The van der Waals surface area contributed by atoms with Gasteiger partial charge >= 0.3 is 11.7 Å². The fourth-order valence-corrected chi connectivity index (χ4v) is 3.73. The second kappa shape index (κ2) is 7.44. The van der Waals surface area contributed by atoms with Crippen LogP contribution in [0.5, 0.6) is 0 Å². The van der Waals surface area contributed by atoms with Crippen molar-refractivity contribution in [3.05, 3.63) is 97.3 Å². The SMILES string of the molecule is CC1Nc2cnc(-c3ccc(N(c4ccccc4)c4ccccc4)cc3)c[n+]2C1=O. The zero-order valence-electron chi connectivity index (χ0n) is 16.6. The molecule has 0 bridgehead atoms. The van der Waals surface area contributed by atoms with Gasteiger partial charge in [0.15, 0.2) is 6.04 Å². The van der Waals surface area contributed by atoms with E-state index in [4.69, 9.17) is 0 Å². The topological polar surface area (TPSA) is 49.1 Å². The molecule has 30 heavy (non-hydrogen) atoms. The van der Waals surface area contributed by atoms with Crippen molar-refractivity contribution in [1.82, 2.24) is 4.98 Å². The van der Waals surface area contributed by atoms with Crippen LogP contribution in [0.25, 0.3) is 11.3 Å². The first-order valence-corrected chi connectivity index (χ1v) is 9.94. The number of fused-ring (bicyclic) bond motifs is 1. The monoisotopic (exact) mass is 393 g/mol. The smallest absolute Gasteiger partial charge is 0.311 e. The van der Waals surface area contributed by atoms with Crippen LogP contribution in [0.2, 0.25) is 0 Å². The van der Waals surface area contributed by atoms with E-state index in [-0.39, 0.29) is 11.9 Å². The Morgan fingerprint density at radius 3 is 2.00 bits per heavy atom. The highest BCUT2D eigenvalue weighted by molar-refractivity contribution is 5.81. The van der Waals surface area contributed by atoms with Crippen molar-refractivity contribution in [3.63, 3.8) is 0 Å². The molecule has 1 N–H and O–H groups in total. The van der Waals surface area contributed by atoms with Crippen LogP contribution in [0, 0.1) is 0 Å². The lowest BCUT2D eigenvalue weighted by Gasteiger charge is -2.25. The number of hydrogen-bond acceptors (Lipinski definition) is 4. The number of rotatable bonds is 4. The number of anilines is 4. The van der Waals surface area contributed by atoms with E-state index in [0.717, 1.165) is 34.1 Å². The quantitative estimate of drug-likeness (QED) is 0.498. The zero-order valence-corrected chi connectivity index (χ0v) is 16.6. The first-order valence-electron chi connectivity index (χ1n) is 9.94. The zero-order chi connectivity index (χ0) is 20.5. The first-order chi connectivity index (χ1) is 14.7. The van der Waals surface area contributed by atoms with Gasteiger partial charge in [-0.15, -0.1) is 0 Å². The molecule has 1 atom stereocenters. The Kier molecular flexibility index (Phi) is 4.48. The minimum Gasteiger partial charge on any atom is -0.311 e. The Hall–Kier alpha value is -3.99. The molecule has 0 spiro atoms. The van der Waals surface area contributed by atoms with Crippen molar-refractivity contribution in [1.29, 1.82) is 0 Å². The second-order valence-corrected chi connectivity index (χ2v) is 7.29. The van der Waals surface area contributed by atoms with E-state index < -0.39 is 0 Å². The van der Waals surface area contributed by atoms with Crippen molar-refractivity contribution >= 4 is 28.8 Å². The van der Waals surface area contributed by atoms with Crippen molar-refractivity contribution in [2.24, 2.45) is 0 Å². The minimum absolute atomic E-state index is 0.0320. The molecule has 5 rings (SSSR count). The second-order valence-electron chi connectivity index (χ2n) is 7.29. The predicted octanol–water partition coefficient (Wildman–Crippen LogP) is 4.96. The Balaban J connectivity index is 1.52. The number of benzene rings is 3. The summed E-state index contributed by atoms with van der Waals surface area (Å²) in [7, 11) is 0. The molecule has 0 saturated carbocycles. The number of carbonyl (C=O) groups excluding carboxylic acids is 1. The van der Waals surface area contributed by atoms with Gasteiger partial charge in [-0.2, -0.15) is 4.57 Å². The van der Waals surface area contributed by atoms with Gasteiger partial charge in [0.25, 0.3) is 0 Å². The number of nitrogens with zero attached hydrogens (tertiary/aromatic N) is 3. The molecular formula is C25H21N4O+. The van der Waals surface area contributed by atoms with Crippen molar-refractivity contribution in [2.75, 3.05) is 10.2 Å². The molecule has 5 nitrogen and oxygen atoms in total. The summed E-state index contributed by atoms with van der Waals surface area (Å²) in [6, 6.07) is 28.6. The lowest BCUT2D eigenvalue weighted by atomic mass is 10.1. The molecule has 0 saturated heterocycles. The highest BCUT2D eigenvalue weighted by Crippen LogP contribution is 2.34. The molecule has 0 fully saturated rings. The van der Waals surface area contributed by atoms with Crippen LogP contribution in [0.1, 0.15) is 11.7 Å². The van der Waals surface area contributed by atoms with E-state index in [1.54, 1.807) is 17.0 Å². The molecular weight excluding hydrogens is 372 g/mol. The average Bonchev–Trinajstić information content (AvgIpc) is 3.09. The van der Waals surface area contributed by atoms with Crippen molar-refractivity contribution in [3.8, 4) is 11.3 Å². The maximum absolute atomic E-state index is 12.3. The van der Waals surface area contributed by atoms with Crippen LogP contribution in [0.3, 0.4) is 0 Å². The number of aromatic nitrogens is 2. The molecule has 4 aromatic rings. The molecule has 1 unspecified atom stereocenters. The van der Waals surface area contributed by atoms with Crippen molar-refractivity contribution in [2.45, 2.75) is 13.0 Å². The molecule has 2 heterocycles. The third kappa shape index (κ3) is 3.20. The first kappa shape index (κ1) is 18.1. The van der Waals surface area contributed by atoms with Crippen LogP contribution in [-0.4, -0.2) is 16.9 Å².